The summed E-state index contributed by atoms with van der Waals surface area (Å²) in [5.41, 5.74) is 3.28. The van der Waals surface area contributed by atoms with Crippen molar-refractivity contribution in [2.24, 2.45) is 0 Å². The Kier molecular flexibility index (Phi) is 0.358. The van der Waals surface area contributed by atoms with Gasteiger partial charge in [-0.25, -0.2) is 4.98 Å². The molecule has 0 fully saturated rings. The third kappa shape index (κ3) is 0.262. The molecule has 0 unspecified atom stereocenters. The number of aromatic amines is 1. The van der Waals surface area contributed by atoms with Crippen molar-refractivity contribution in [1.29, 1.82) is 0 Å². The lowest BCUT2D eigenvalue weighted by molar-refractivity contribution is 1.48. The Hall–Kier alpha value is -1.31. The summed E-state index contributed by atoms with van der Waals surface area (Å²) in [4.78, 5) is 7.42. The van der Waals surface area contributed by atoms with E-state index in [1.807, 2.05) is 6.07 Å². The maximum atomic E-state index is 4.25. The van der Waals surface area contributed by atoms with E-state index >= 15 is 0 Å². The van der Waals surface area contributed by atoms with Crippen LogP contribution < -0.4 is 0 Å². The molecule has 0 saturated carbocycles. The molecule has 1 N–H and O–H groups in total. The number of nitrogens with zero attached hydrogens (tertiary/aromatic N) is 1. The predicted molar refractivity (Wildman–Crippen MR) is 36.0 cm³/mol. The standard InChI is InChI=1S/C7H4N2/c1-2-5-6-3-4(1)7(8-5)9-6/h1-3H,(H,8,9). The van der Waals surface area contributed by atoms with E-state index in [-0.39, 0.29) is 0 Å². The van der Waals surface area contributed by atoms with E-state index in [4.69, 9.17) is 0 Å². The third-order valence-corrected chi connectivity index (χ3v) is 1.76. The number of hydrogen-bond acceptors (Lipinski definition) is 1. The van der Waals surface area contributed by atoms with Crippen LogP contribution in [0.25, 0.3) is 22.1 Å². The van der Waals surface area contributed by atoms with Crippen LogP contribution in [0.5, 0.6) is 0 Å². The maximum Gasteiger partial charge on any atom is 0.138 e. The van der Waals surface area contributed by atoms with Crippen molar-refractivity contribution in [2.75, 3.05) is 0 Å². The first-order chi connectivity index (χ1) is 4.43. The number of hydrogen-bond donors (Lipinski definition) is 1. The zero-order valence-corrected chi connectivity index (χ0v) is 4.68. The minimum Gasteiger partial charge on any atom is -0.338 e. The van der Waals surface area contributed by atoms with Gasteiger partial charge in [0.15, 0.2) is 0 Å². The van der Waals surface area contributed by atoms with Gasteiger partial charge in [-0.1, -0.05) is 0 Å². The van der Waals surface area contributed by atoms with Gasteiger partial charge in [-0.15, -0.1) is 0 Å². The number of fused-ring (bicyclic) bond motifs is 1. The van der Waals surface area contributed by atoms with E-state index in [9.17, 15) is 0 Å². The molecule has 9 heavy (non-hydrogen) atoms. The fraction of sp³-hybridized carbons (Fsp3) is 0. The summed E-state index contributed by atoms with van der Waals surface area (Å²) < 4.78 is 0. The molecule has 4 aromatic rings. The minimum atomic E-state index is 1.03. The van der Waals surface area contributed by atoms with Crippen LogP contribution in [0.3, 0.4) is 0 Å². The first-order valence-electron chi connectivity index (χ1n) is 2.94. The van der Waals surface area contributed by atoms with Crippen LogP contribution in [-0.4, -0.2) is 9.97 Å². The van der Waals surface area contributed by atoms with Crippen molar-refractivity contribution >= 4 is 22.1 Å². The van der Waals surface area contributed by atoms with E-state index in [1.54, 1.807) is 0 Å². The maximum absolute atomic E-state index is 4.25. The fourth-order valence-corrected chi connectivity index (χ4v) is 1.29. The van der Waals surface area contributed by atoms with Gasteiger partial charge in [0.2, 0.25) is 0 Å². The van der Waals surface area contributed by atoms with Gasteiger partial charge in [-0.3, -0.25) is 0 Å². The lowest BCUT2D eigenvalue weighted by Crippen LogP contribution is -1.72. The zero-order chi connectivity index (χ0) is 5.84. The highest BCUT2D eigenvalue weighted by molar-refractivity contribution is 5.97. The number of nitrogens with one attached hydrogen (secondary N) is 1. The molecule has 0 atom stereocenters. The molecule has 1 aromatic carbocycles. The highest BCUT2D eigenvalue weighted by Crippen LogP contribution is 2.23. The molecule has 2 nitrogen and oxygen atoms in total. The van der Waals surface area contributed by atoms with Crippen molar-refractivity contribution in [3.63, 3.8) is 0 Å². The quantitative estimate of drug-likeness (QED) is 0.474. The van der Waals surface area contributed by atoms with E-state index in [0.29, 0.717) is 0 Å². The lowest BCUT2D eigenvalue weighted by atomic mass is 10.2. The van der Waals surface area contributed by atoms with Crippen LogP contribution in [0.4, 0.5) is 0 Å². The number of pyridine rings is 2. The van der Waals surface area contributed by atoms with E-state index < -0.39 is 0 Å². The highest BCUT2D eigenvalue weighted by Gasteiger charge is 2.06. The topological polar surface area (TPSA) is 28.7 Å². The van der Waals surface area contributed by atoms with Gasteiger partial charge in [0.05, 0.1) is 11.0 Å². The van der Waals surface area contributed by atoms with Crippen LogP contribution in [0.1, 0.15) is 0 Å². The monoisotopic (exact) mass is 116 g/mol. The van der Waals surface area contributed by atoms with Crippen molar-refractivity contribution < 1.29 is 0 Å². The van der Waals surface area contributed by atoms with Gasteiger partial charge < -0.3 is 4.98 Å². The smallest absolute Gasteiger partial charge is 0.138 e. The van der Waals surface area contributed by atoms with Gasteiger partial charge in [-0.2, -0.15) is 0 Å². The van der Waals surface area contributed by atoms with Crippen molar-refractivity contribution in [3.8, 4) is 0 Å². The summed E-state index contributed by atoms with van der Waals surface area (Å²) in [7, 11) is 0. The Bertz CT molecular complexity index is 355. The van der Waals surface area contributed by atoms with Gasteiger partial charge in [0, 0.05) is 5.39 Å². The van der Waals surface area contributed by atoms with Crippen LogP contribution in [0.15, 0.2) is 18.2 Å². The first-order valence-corrected chi connectivity index (χ1v) is 2.94. The number of imidazole rings is 1. The van der Waals surface area contributed by atoms with E-state index in [0.717, 1.165) is 11.2 Å². The molecule has 0 spiro atoms. The molecule has 3 heterocycles. The molecule has 3 aromatic heterocycles. The molecule has 2 heteroatoms. The lowest BCUT2D eigenvalue weighted by Gasteiger charge is -1.88. The molecule has 0 saturated heterocycles. The van der Waals surface area contributed by atoms with Crippen molar-refractivity contribution in [1.82, 2.24) is 9.97 Å². The average molecular weight is 116 g/mol. The van der Waals surface area contributed by atoms with E-state index in [1.165, 1.54) is 10.9 Å². The SMILES string of the molecule is c1cc2nc3[nH]c2cc13. The molecular weight excluding hydrogens is 112 g/mol. The van der Waals surface area contributed by atoms with Gasteiger partial charge in [0.25, 0.3) is 0 Å². The Morgan fingerprint density at radius 1 is 1.33 bits per heavy atom. The van der Waals surface area contributed by atoms with Crippen LogP contribution in [-0.2, 0) is 0 Å². The predicted octanol–water partition coefficient (Wildman–Crippen LogP) is 1.59. The minimum absolute atomic E-state index is 1.03. The second-order valence-electron chi connectivity index (χ2n) is 2.32. The molecule has 0 aliphatic carbocycles. The third-order valence-electron chi connectivity index (χ3n) is 1.76. The summed E-state index contributed by atoms with van der Waals surface area (Å²) in [6, 6.07) is 6.24. The summed E-state index contributed by atoms with van der Waals surface area (Å²) in [6.07, 6.45) is 0. The highest BCUT2D eigenvalue weighted by atomic mass is 14.9. The number of H-pyrrole nitrogens is 1. The van der Waals surface area contributed by atoms with Crippen LogP contribution >= 0.6 is 0 Å². The Balaban J connectivity index is 3.02. The van der Waals surface area contributed by atoms with Crippen LogP contribution in [0.2, 0.25) is 0 Å². The van der Waals surface area contributed by atoms with Gasteiger partial charge in [0.1, 0.15) is 5.65 Å². The summed E-state index contributed by atoms with van der Waals surface area (Å²) in [6.45, 7) is 0. The average Bonchev–Trinajstić information content (AvgIpc) is 2.40. The largest absolute Gasteiger partial charge is 0.338 e. The first kappa shape index (κ1) is 3.67. The van der Waals surface area contributed by atoms with E-state index in [2.05, 4.69) is 22.1 Å². The Morgan fingerprint density at radius 3 is 2.78 bits per heavy atom. The molecule has 0 amide bonds. The number of aromatic nitrogens is 2. The fourth-order valence-electron chi connectivity index (χ4n) is 1.29. The van der Waals surface area contributed by atoms with Crippen LogP contribution in [0, 0.1) is 0 Å². The summed E-state index contributed by atoms with van der Waals surface area (Å²) >= 11 is 0. The number of rotatable bonds is 0. The summed E-state index contributed by atoms with van der Waals surface area (Å²) in [5.74, 6) is 0. The molecule has 4 bridgehead atoms. The van der Waals surface area contributed by atoms with Gasteiger partial charge >= 0.3 is 0 Å². The van der Waals surface area contributed by atoms with Crippen molar-refractivity contribution in [3.05, 3.63) is 18.2 Å². The summed E-state index contributed by atoms with van der Waals surface area (Å²) in [5, 5.41) is 1.22. The second-order valence-corrected chi connectivity index (χ2v) is 2.32. The molecule has 0 radical (unpaired) electrons. The molecule has 4 rings (SSSR count). The molecule has 42 valence electrons. The zero-order valence-electron chi connectivity index (χ0n) is 4.68. The molecule has 0 aliphatic heterocycles. The molecule has 0 aliphatic rings. The van der Waals surface area contributed by atoms with Gasteiger partial charge in [-0.05, 0) is 18.2 Å². The Labute approximate surface area is 51.2 Å². The normalized spacial score (nSPS) is 12.4. The second kappa shape index (κ2) is 0.880. The molecular formula is C7H4N2. The van der Waals surface area contributed by atoms with Crippen molar-refractivity contribution in [2.45, 2.75) is 0 Å². The number of benzene rings is 1. The Morgan fingerprint density at radius 2 is 2.33 bits per heavy atom.